The van der Waals surface area contributed by atoms with Crippen LogP contribution >= 0.6 is 0 Å². The molecule has 0 aliphatic carbocycles. The maximum Gasteiger partial charge on any atom is 0.471 e. The third-order valence-corrected chi connectivity index (χ3v) is 9.76. The molecule has 6 atom stereocenters. The molecule has 4 aliphatic rings. The van der Waals surface area contributed by atoms with Crippen molar-refractivity contribution in [2.45, 2.75) is 76.0 Å². The molecule has 0 spiro atoms. The molecule has 1 saturated heterocycles. The van der Waals surface area contributed by atoms with Crippen LogP contribution in [-0.4, -0.2) is 89.7 Å². The van der Waals surface area contributed by atoms with Crippen LogP contribution in [0.4, 0.5) is 13.2 Å². The number of ether oxygens (including phenoxy) is 3. The van der Waals surface area contributed by atoms with Crippen LogP contribution < -0.4 is 24.8 Å². The van der Waals surface area contributed by atoms with E-state index in [0.717, 1.165) is 18.1 Å². The molecule has 0 saturated carbocycles. The third-order valence-electron chi connectivity index (χ3n) is 9.76. The summed E-state index contributed by atoms with van der Waals surface area (Å²) < 4.78 is 55.7. The van der Waals surface area contributed by atoms with Gasteiger partial charge in [-0.2, -0.15) is 18.4 Å². The van der Waals surface area contributed by atoms with Crippen LogP contribution in [0, 0.1) is 69.2 Å². The van der Waals surface area contributed by atoms with E-state index in [1.54, 1.807) is 12.2 Å². The van der Waals surface area contributed by atoms with Gasteiger partial charge >= 0.3 is 12.1 Å². The predicted molar refractivity (Wildman–Crippen MR) is 155 cm³/mol. The van der Waals surface area contributed by atoms with E-state index >= 15 is 0 Å². The van der Waals surface area contributed by atoms with E-state index in [4.69, 9.17) is 14.2 Å². The molecule has 16 heteroatoms. The van der Waals surface area contributed by atoms with Gasteiger partial charge in [0.15, 0.2) is 23.0 Å². The van der Waals surface area contributed by atoms with Crippen LogP contribution in [0.3, 0.4) is 0 Å². The number of fused-ring (bicyclic) bond motifs is 9. The van der Waals surface area contributed by atoms with E-state index in [0.29, 0.717) is 45.9 Å². The Morgan fingerprint density at radius 1 is 1.15 bits per heavy atom. The average Bonchev–Trinajstić information content (AvgIpc) is 3.48. The molecular weight excluding hydrogens is 838 g/mol. The Morgan fingerprint density at radius 3 is 2.47 bits per heavy atom. The number of aryl methyl sites for hydroxylation is 1. The van der Waals surface area contributed by atoms with Crippen molar-refractivity contribution in [3.8, 4) is 34.8 Å². The number of likely N-dealkylation sites (N-methyl/N-ethyl adjacent to an activating group) is 1. The second-order valence-corrected chi connectivity index (χ2v) is 12.2. The molecule has 1 radical (unpaired) electrons. The van der Waals surface area contributed by atoms with E-state index < -0.39 is 48.2 Å². The minimum absolute atomic E-state index is 0. The Labute approximate surface area is 304 Å². The maximum absolute atomic E-state index is 13.0. The van der Waals surface area contributed by atoms with Crippen LogP contribution in [0.15, 0.2) is 6.07 Å². The van der Waals surface area contributed by atoms with Crippen molar-refractivity contribution in [3.63, 3.8) is 0 Å². The van der Waals surface area contributed by atoms with Crippen molar-refractivity contribution in [2.24, 2.45) is 0 Å². The number of hydrogen-bond acceptors (Lipinski definition) is 10. The number of carbonyl (C=O) groups is 2. The molecular formula is C31H34AcF3N5O7. The quantitative estimate of drug-likeness (QED) is 0.352. The van der Waals surface area contributed by atoms with Crippen molar-refractivity contribution in [1.82, 2.24) is 20.4 Å². The van der Waals surface area contributed by atoms with Crippen molar-refractivity contribution >= 4 is 11.8 Å². The van der Waals surface area contributed by atoms with Gasteiger partial charge in [0.25, 0.3) is 0 Å². The zero-order valence-electron chi connectivity index (χ0n) is 26.4. The molecule has 2 amide bonds. The minimum Gasteiger partial charge on any atom is -0.507 e. The van der Waals surface area contributed by atoms with Crippen LogP contribution in [0.2, 0.25) is 0 Å². The molecule has 47 heavy (non-hydrogen) atoms. The summed E-state index contributed by atoms with van der Waals surface area (Å²) in [6.07, 6.45) is -4.51. The van der Waals surface area contributed by atoms with Crippen LogP contribution in [0.25, 0.3) is 0 Å². The van der Waals surface area contributed by atoms with E-state index in [9.17, 15) is 38.2 Å². The number of halogens is 3. The van der Waals surface area contributed by atoms with Gasteiger partial charge in [-0.15, -0.1) is 0 Å². The first-order chi connectivity index (χ1) is 21.7. The molecule has 0 aromatic heterocycles. The van der Waals surface area contributed by atoms with Gasteiger partial charge in [-0.3, -0.25) is 19.4 Å². The normalized spacial score (nSPS) is 24.9. The summed E-state index contributed by atoms with van der Waals surface area (Å²) in [4.78, 5) is 28.5. The Hall–Kier alpha value is -2.98. The fourth-order valence-electron chi connectivity index (χ4n) is 7.74. The van der Waals surface area contributed by atoms with Gasteiger partial charge < -0.3 is 35.1 Å². The first kappa shape index (κ1) is 35.3. The summed E-state index contributed by atoms with van der Waals surface area (Å²) in [7, 11) is 3.35. The van der Waals surface area contributed by atoms with Gasteiger partial charge in [0, 0.05) is 84.9 Å². The second-order valence-electron chi connectivity index (χ2n) is 12.2. The standard InChI is InChI=1S/C31H34F3N5O7.Ac/c1-12-6-15-7-17-19(9-35)39-18(23(38(17)4)21(15)25(41)26(12)44-5)8-16-22(28-27(45-11-46-28)13(2)24(16)40)20(39)10-36-29(42)14(3)37-30(43)31(32,33)34;/h6,14,17-20,23,40-41H,7-8,10-11H2,1-5H3,(H,36,42)(H,37,43);/t14-,17-,18?,19-,20-,23-;/m0./s1. The summed E-state index contributed by atoms with van der Waals surface area (Å²) in [6, 6.07) is -0.0339. The summed E-state index contributed by atoms with van der Waals surface area (Å²) in [6.45, 7) is 4.33. The van der Waals surface area contributed by atoms with Crippen molar-refractivity contribution in [1.29, 1.82) is 5.26 Å². The number of nitriles is 1. The maximum atomic E-state index is 13.0. The molecule has 1 unspecified atom stereocenters. The van der Waals surface area contributed by atoms with E-state index in [1.165, 1.54) is 7.11 Å². The average molecular weight is 873 g/mol. The number of carbonyl (C=O) groups excluding carboxylic acids is 2. The van der Waals surface area contributed by atoms with Crippen LogP contribution in [0.5, 0.6) is 28.7 Å². The number of amides is 2. The topological polar surface area (TPSA) is 157 Å². The van der Waals surface area contributed by atoms with E-state index in [2.05, 4.69) is 16.3 Å². The number of nitrogens with one attached hydrogen (secondary N) is 2. The summed E-state index contributed by atoms with van der Waals surface area (Å²) in [5.41, 5.74) is 3.71. The summed E-state index contributed by atoms with van der Waals surface area (Å²) in [5, 5.41) is 38.0. The zero-order chi connectivity index (χ0) is 33.4. The number of phenolic OH excluding ortho intramolecular Hbond substituents is 2. The number of phenols is 2. The first-order valence-electron chi connectivity index (χ1n) is 14.8. The van der Waals surface area contributed by atoms with E-state index in [1.807, 2.05) is 24.9 Å². The monoisotopic (exact) mass is 872 g/mol. The van der Waals surface area contributed by atoms with Gasteiger partial charge in [0.1, 0.15) is 17.8 Å². The number of rotatable bonds is 5. The Kier molecular flexibility index (Phi) is 9.63. The fourth-order valence-corrected chi connectivity index (χ4v) is 7.74. The Bertz CT molecular complexity index is 1680. The van der Waals surface area contributed by atoms with Gasteiger partial charge in [-0.05, 0) is 51.8 Å². The van der Waals surface area contributed by atoms with Crippen LogP contribution in [-0.2, 0) is 22.4 Å². The first-order valence-corrected chi connectivity index (χ1v) is 14.8. The smallest absolute Gasteiger partial charge is 0.471 e. The third kappa shape index (κ3) is 5.57. The molecule has 4 N–H and O–H groups in total. The predicted octanol–water partition coefficient (Wildman–Crippen LogP) is 2.41. The van der Waals surface area contributed by atoms with Crippen molar-refractivity contribution in [2.75, 3.05) is 27.5 Å². The number of hydrogen-bond donors (Lipinski definition) is 4. The van der Waals surface area contributed by atoms with Crippen molar-refractivity contribution in [3.05, 3.63) is 39.4 Å². The number of methoxy groups -OCH3 is 1. The van der Waals surface area contributed by atoms with Crippen molar-refractivity contribution < 1.29 is 91.2 Å². The zero-order valence-corrected chi connectivity index (χ0v) is 31.1. The van der Waals surface area contributed by atoms with Gasteiger partial charge in [0.05, 0.1) is 25.3 Å². The second kappa shape index (κ2) is 12.8. The number of nitrogens with zero attached hydrogens (tertiary/aromatic N) is 3. The Balaban J connectivity index is 0.00000433. The molecule has 1 fully saturated rings. The number of alkyl halides is 3. The Morgan fingerprint density at radius 2 is 1.83 bits per heavy atom. The summed E-state index contributed by atoms with van der Waals surface area (Å²) in [5.74, 6) is -2.18. The molecule has 2 bridgehead atoms. The van der Waals surface area contributed by atoms with Crippen LogP contribution in [0.1, 0.15) is 52.4 Å². The number of piperazine rings is 1. The molecule has 6 rings (SSSR count). The molecule has 4 aliphatic heterocycles. The summed E-state index contributed by atoms with van der Waals surface area (Å²) >= 11 is 0. The molecule has 4 heterocycles. The minimum atomic E-state index is -5.17. The molecule has 12 nitrogen and oxygen atoms in total. The number of benzene rings is 2. The largest absolute Gasteiger partial charge is 0.507 e. The van der Waals surface area contributed by atoms with Gasteiger partial charge in [-0.1, -0.05) is 6.07 Å². The van der Waals surface area contributed by atoms with E-state index in [-0.39, 0.29) is 81.4 Å². The van der Waals surface area contributed by atoms with Gasteiger partial charge in [0.2, 0.25) is 12.7 Å². The molecule has 249 valence electrons. The SMILES string of the molecule is COc1c(C)cc2c(c1O)[C@@H]1C3Cc4c(O)c(C)c5c(c4[C@H](CNC(=O)[C@H](C)NC(=O)C(F)(F)F)N3[C@@H](C#N)[C@H](C2)N1C)OCO5.[Ac]. The fraction of sp³-hybridized carbons (Fsp3) is 0.516. The molecule has 2 aromatic rings. The number of aromatic hydroxyl groups is 2. The van der Waals surface area contributed by atoms with Gasteiger partial charge in [-0.25, -0.2) is 0 Å². The molecule has 2 aromatic carbocycles.